The average molecular weight is 350 g/mol. The first-order valence-corrected chi connectivity index (χ1v) is 7.98. The van der Waals surface area contributed by atoms with Gasteiger partial charge in [0.2, 0.25) is 0 Å². The van der Waals surface area contributed by atoms with Gasteiger partial charge in [-0.15, -0.1) is 0 Å². The summed E-state index contributed by atoms with van der Waals surface area (Å²) in [6.45, 7) is 2.09. The highest BCUT2D eigenvalue weighted by atomic mass is 32.1. The van der Waals surface area contributed by atoms with Crippen LogP contribution < -0.4 is 0 Å². The molecule has 126 valence electrons. The summed E-state index contributed by atoms with van der Waals surface area (Å²) in [4.78, 5) is 36.2. The molecule has 1 aromatic carbocycles. The number of benzene rings is 1. The van der Waals surface area contributed by atoms with Crippen molar-refractivity contribution in [1.29, 1.82) is 0 Å². The van der Waals surface area contributed by atoms with Crippen LogP contribution in [0.2, 0.25) is 0 Å². The third-order valence-electron chi connectivity index (χ3n) is 4.28. The number of aromatic nitrogens is 2. The number of carboxylic acid groups (broad SMARTS) is 1. The summed E-state index contributed by atoms with van der Waals surface area (Å²) < 4.78 is 7.85. The number of nitrogens with zero attached hydrogens (tertiary/aromatic N) is 4. The minimum Gasteiger partial charge on any atom is -0.481 e. The highest BCUT2D eigenvalue weighted by molar-refractivity contribution is 7.00. The molecule has 0 saturated carbocycles. The van der Waals surface area contributed by atoms with Crippen LogP contribution in [0.3, 0.4) is 0 Å². The second-order valence-corrected chi connectivity index (χ2v) is 6.61. The van der Waals surface area contributed by atoms with E-state index in [1.807, 2.05) is 0 Å². The van der Waals surface area contributed by atoms with E-state index in [0.717, 1.165) is 11.7 Å². The number of nitro groups is 1. The lowest BCUT2D eigenvalue weighted by Gasteiger charge is -2.37. The van der Waals surface area contributed by atoms with Gasteiger partial charge < -0.3 is 10.0 Å². The lowest BCUT2D eigenvalue weighted by Crippen LogP contribution is -2.48. The molecule has 2 heterocycles. The van der Waals surface area contributed by atoms with Crippen LogP contribution in [0.5, 0.6) is 0 Å². The van der Waals surface area contributed by atoms with Gasteiger partial charge in [0.15, 0.2) is 5.52 Å². The lowest BCUT2D eigenvalue weighted by molar-refractivity contribution is -0.383. The van der Waals surface area contributed by atoms with E-state index in [1.165, 1.54) is 17.0 Å². The molecule has 1 saturated heterocycles. The summed E-state index contributed by atoms with van der Waals surface area (Å²) in [5.74, 6) is -1.38. The summed E-state index contributed by atoms with van der Waals surface area (Å²) in [7, 11) is 0. The third kappa shape index (κ3) is 2.68. The van der Waals surface area contributed by atoms with Gasteiger partial charge in [0.05, 0.1) is 22.1 Å². The number of hydrogen-bond acceptors (Lipinski definition) is 7. The minimum atomic E-state index is -1.01. The number of fused-ring (bicyclic) bond motifs is 1. The van der Waals surface area contributed by atoms with Crippen molar-refractivity contribution in [3.8, 4) is 0 Å². The van der Waals surface area contributed by atoms with Crippen molar-refractivity contribution >= 4 is 40.3 Å². The maximum absolute atomic E-state index is 12.7. The molecular weight excluding hydrogens is 336 g/mol. The Labute approximate surface area is 140 Å². The molecule has 0 radical (unpaired) electrons. The van der Waals surface area contributed by atoms with E-state index >= 15 is 0 Å². The van der Waals surface area contributed by atoms with Gasteiger partial charge in [-0.25, -0.2) is 0 Å². The highest BCUT2D eigenvalue weighted by Gasteiger charge is 2.39. The van der Waals surface area contributed by atoms with E-state index in [0.29, 0.717) is 19.4 Å². The molecule has 0 aliphatic carbocycles. The highest BCUT2D eigenvalue weighted by Crippen LogP contribution is 2.32. The quantitative estimate of drug-likeness (QED) is 0.662. The zero-order chi connectivity index (χ0) is 17.5. The molecular formula is C14H14N4O5S. The zero-order valence-corrected chi connectivity index (χ0v) is 13.6. The van der Waals surface area contributed by atoms with Crippen LogP contribution >= 0.6 is 11.7 Å². The molecule has 1 amide bonds. The maximum atomic E-state index is 12.7. The lowest BCUT2D eigenvalue weighted by atomic mass is 9.82. The number of carbonyl (C=O) groups excluding carboxylic acids is 1. The van der Waals surface area contributed by atoms with E-state index < -0.39 is 22.2 Å². The Morgan fingerprint density at radius 2 is 2.17 bits per heavy atom. The summed E-state index contributed by atoms with van der Waals surface area (Å²) in [6, 6.07) is 2.64. The van der Waals surface area contributed by atoms with Crippen molar-refractivity contribution in [3.63, 3.8) is 0 Å². The molecule has 1 N–H and O–H groups in total. The van der Waals surface area contributed by atoms with E-state index in [-0.39, 0.29) is 28.8 Å². The molecule has 1 aliphatic rings. The van der Waals surface area contributed by atoms with Crippen LogP contribution in [0.15, 0.2) is 12.1 Å². The van der Waals surface area contributed by atoms with E-state index in [2.05, 4.69) is 8.75 Å². The number of carbonyl (C=O) groups is 2. The van der Waals surface area contributed by atoms with Crippen LogP contribution in [-0.2, 0) is 4.79 Å². The van der Waals surface area contributed by atoms with E-state index in [4.69, 9.17) is 0 Å². The van der Waals surface area contributed by atoms with E-state index in [9.17, 15) is 24.8 Å². The molecule has 24 heavy (non-hydrogen) atoms. The number of hydrogen-bond donors (Lipinski definition) is 1. The predicted molar refractivity (Wildman–Crippen MR) is 84.9 cm³/mol. The van der Waals surface area contributed by atoms with Crippen molar-refractivity contribution in [1.82, 2.24) is 13.6 Å². The fourth-order valence-corrected chi connectivity index (χ4v) is 3.44. The normalized spacial score (nSPS) is 21.0. The van der Waals surface area contributed by atoms with Gasteiger partial charge in [0.25, 0.3) is 11.6 Å². The number of carboxylic acids is 1. The fraction of sp³-hybridized carbons (Fsp3) is 0.429. The number of non-ortho nitro benzene ring substituents is 1. The van der Waals surface area contributed by atoms with Gasteiger partial charge in [0, 0.05) is 24.7 Å². The standard InChI is InChI=1S/C14H14N4O5S/c1-14(13(20)21)3-2-4-17(7-14)12(19)8-5-9-11(16-24-15-9)10(6-8)18(22)23/h5-6H,2-4,7H2,1H3,(H,20,21). The van der Waals surface area contributed by atoms with Crippen molar-refractivity contribution in [2.45, 2.75) is 19.8 Å². The topological polar surface area (TPSA) is 127 Å². The van der Waals surface area contributed by atoms with Crippen molar-refractivity contribution < 1.29 is 19.6 Å². The number of likely N-dealkylation sites (tertiary alicyclic amines) is 1. The van der Waals surface area contributed by atoms with Gasteiger partial charge in [-0.05, 0) is 25.8 Å². The van der Waals surface area contributed by atoms with E-state index in [1.54, 1.807) is 6.92 Å². The Bertz CT molecular complexity index is 851. The second kappa shape index (κ2) is 5.78. The van der Waals surface area contributed by atoms with Gasteiger partial charge in [-0.2, -0.15) is 8.75 Å². The second-order valence-electron chi connectivity index (χ2n) is 6.08. The average Bonchev–Trinajstić information content (AvgIpc) is 3.01. The molecule has 1 fully saturated rings. The summed E-state index contributed by atoms with van der Waals surface area (Å²) >= 11 is 0.837. The number of aliphatic carboxylic acids is 1. The smallest absolute Gasteiger partial charge is 0.311 e. The first-order chi connectivity index (χ1) is 11.3. The number of amides is 1. The Morgan fingerprint density at radius 3 is 2.83 bits per heavy atom. The van der Waals surface area contributed by atoms with Gasteiger partial charge >= 0.3 is 5.97 Å². The molecule has 0 bridgehead atoms. The molecule has 3 rings (SSSR count). The Hall–Kier alpha value is -2.62. The molecule has 1 unspecified atom stereocenters. The summed E-state index contributed by atoms with van der Waals surface area (Å²) in [5, 5.41) is 20.6. The molecule has 1 aromatic heterocycles. The molecule has 0 spiro atoms. The molecule has 1 aliphatic heterocycles. The van der Waals surface area contributed by atoms with Gasteiger partial charge in [0.1, 0.15) is 5.52 Å². The predicted octanol–water partition coefficient (Wildman–Crippen LogP) is 1.93. The van der Waals surface area contributed by atoms with Crippen molar-refractivity contribution in [2.75, 3.05) is 13.1 Å². The molecule has 2 aromatic rings. The van der Waals surface area contributed by atoms with Crippen LogP contribution in [0.1, 0.15) is 30.1 Å². The zero-order valence-electron chi connectivity index (χ0n) is 12.8. The Morgan fingerprint density at radius 1 is 1.42 bits per heavy atom. The molecule has 9 nitrogen and oxygen atoms in total. The molecule has 10 heteroatoms. The number of rotatable bonds is 3. The third-order valence-corrected chi connectivity index (χ3v) is 4.83. The first-order valence-electron chi connectivity index (χ1n) is 7.25. The largest absolute Gasteiger partial charge is 0.481 e. The van der Waals surface area contributed by atoms with Gasteiger partial charge in [-0.1, -0.05) is 0 Å². The minimum absolute atomic E-state index is 0.0717. The number of piperidine rings is 1. The van der Waals surface area contributed by atoms with Crippen LogP contribution in [0.4, 0.5) is 5.69 Å². The number of nitro benzene ring substituents is 1. The van der Waals surface area contributed by atoms with Crippen LogP contribution in [0, 0.1) is 15.5 Å². The van der Waals surface area contributed by atoms with Gasteiger partial charge in [-0.3, -0.25) is 19.7 Å². The SMILES string of the molecule is CC1(C(=O)O)CCCN(C(=O)c2cc([N+](=O)[O-])c3nsnc3c2)C1. The molecule has 1 atom stereocenters. The summed E-state index contributed by atoms with van der Waals surface area (Å²) in [5.41, 5.74) is -0.725. The summed E-state index contributed by atoms with van der Waals surface area (Å²) in [6.07, 6.45) is 1.05. The van der Waals surface area contributed by atoms with Crippen molar-refractivity contribution in [3.05, 3.63) is 27.8 Å². The maximum Gasteiger partial charge on any atom is 0.311 e. The first kappa shape index (κ1) is 16.2. The van der Waals surface area contributed by atoms with Crippen molar-refractivity contribution in [2.24, 2.45) is 5.41 Å². The van der Waals surface area contributed by atoms with Crippen LogP contribution in [-0.4, -0.2) is 48.6 Å². The monoisotopic (exact) mass is 350 g/mol. The van der Waals surface area contributed by atoms with Crippen LogP contribution in [0.25, 0.3) is 11.0 Å². The fourth-order valence-electron chi connectivity index (χ4n) is 2.91. The Balaban J connectivity index is 1.96. The Kier molecular flexibility index (Phi) is 3.91.